The van der Waals surface area contributed by atoms with Gasteiger partial charge in [-0.15, -0.1) is 0 Å². The summed E-state index contributed by atoms with van der Waals surface area (Å²) < 4.78 is 0. The molecule has 15 heavy (non-hydrogen) atoms. The van der Waals surface area contributed by atoms with Crippen LogP contribution in [0.3, 0.4) is 0 Å². The first-order valence-electron chi connectivity index (χ1n) is 5.87. The molecule has 0 bridgehead atoms. The first kappa shape index (κ1) is 11.2. The summed E-state index contributed by atoms with van der Waals surface area (Å²) in [5.41, 5.74) is 4.33. The van der Waals surface area contributed by atoms with Gasteiger partial charge in [0.15, 0.2) is 0 Å². The lowest BCUT2D eigenvalue weighted by Gasteiger charge is -2.30. The highest BCUT2D eigenvalue weighted by atomic mass is 79.9. The number of halogens is 1. The molecule has 0 heterocycles. The first-order chi connectivity index (χ1) is 7.16. The third-order valence-electron chi connectivity index (χ3n) is 3.58. The minimum absolute atomic E-state index is 0.687. The molecule has 0 saturated heterocycles. The van der Waals surface area contributed by atoms with Crippen LogP contribution >= 0.6 is 15.9 Å². The highest BCUT2D eigenvalue weighted by molar-refractivity contribution is 9.09. The van der Waals surface area contributed by atoms with Gasteiger partial charge in [-0.25, -0.2) is 0 Å². The smallest absolute Gasteiger partial charge is 0.0214 e. The summed E-state index contributed by atoms with van der Waals surface area (Å²) in [4.78, 5) is 0.687. The van der Waals surface area contributed by atoms with Gasteiger partial charge in [0.05, 0.1) is 0 Å². The molecule has 1 aromatic rings. The summed E-state index contributed by atoms with van der Waals surface area (Å²) >= 11 is 3.85. The zero-order valence-corrected chi connectivity index (χ0v) is 11.2. The minimum atomic E-state index is 0.687. The standard InChI is InChI=1S/C14H19Br/c1-10-6-7-11(2)13(8-10)9-14(15)12-4-3-5-12/h6-8,12,14H,3-5,9H2,1-2H3. The maximum atomic E-state index is 3.85. The fourth-order valence-corrected chi connectivity index (χ4v) is 3.08. The number of hydrogen-bond acceptors (Lipinski definition) is 0. The Morgan fingerprint density at radius 2 is 2.07 bits per heavy atom. The van der Waals surface area contributed by atoms with E-state index in [1.54, 1.807) is 0 Å². The van der Waals surface area contributed by atoms with Gasteiger partial charge in [-0.1, -0.05) is 46.1 Å². The molecule has 0 N–H and O–H groups in total. The Labute approximate surface area is 101 Å². The molecule has 1 heteroatoms. The molecule has 0 aromatic heterocycles. The third kappa shape index (κ3) is 2.63. The van der Waals surface area contributed by atoms with E-state index in [9.17, 15) is 0 Å². The molecule has 1 atom stereocenters. The molecule has 1 fully saturated rings. The first-order valence-corrected chi connectivity index (χ1v) is 6.78. The zero-order chi connectivity index (χ0) is 10.8. The Morgan fingerprint density at radius 3 is 2.67 bits per heavy atom. The van der Waals surface area contributed by atoms with Crippen LogP contribution in [0.15, 0.2) is 18.2 Å². The third-order valence-corrected chi connectivity index (χ3v) is 4.65. The number of rotatable bonds is 3. The maximum absolute atomic E-state index is 3.85. The summed E-state index contributed by atoms with van der Waals surface area (Å²) in [6, 6.07) is 6.78. The van der Waals surface area contributed by atoms with Crippen molar-refractivity contribution in [3.8, 4) is 0 Å². The molecular weight excluding hydrogens is 248 g/mol. The van der Waals surface area contributed by atoms with E-state index < -0.39 is 0 Å². The Balaban J connectivity index is 2.05. The second kappa shape index (κ2) is 4.69. The van der Waals surface area contributed by atoms with Gasteiger partial charge in [-0.3, -0.25) is 0 Å². The predicted molar refractivity (Wildman–Crippen MR) is 69.7 cm³/mol. The second-order valence-corrected chi connectivity index (χ2v) is 6.02. The molecule has 1 aliphatic carbocycles. The van der Waals surface area contributed by atoms with E-state index in [0.29, 0.717) is 4.83 Å². The topological polar surface area (TPSA) is 0 Å². The van der Waals surface area contributed by atoms with Crippen LogP contribution in [0, 0.1) is 19.8 Å². The SMILES string of the molecule is Cc1ccc(C)c(CC(Br)C2CCC2)c1. The zero-order valence-electron chi connectivity index (χ0n) is 9.59. The quantitative estimate of drug-likeness (QED) is 0.711. The lowest BCUT2D eigenvalue weighted by molar-refractivity contribution is 0.308. The lowest BCUT2D eigenvalue weighted by atomic mass is 9.81. The molecule has 1 unspecified atom stereocenters. The van der Waals surface area contributed by atoms with Crippen LogP contribution in [0.1, 0.15) is 36.0 Å². The summed E-state index contributed by atoms with van der Waals surface area (Å²) in [6.07, 6.45) is 5.46. The second-order valence-electron chi connectivity index (χ2n) is 4.84. The normalized spacial score (nSPS) is 18.6. The molecule has 1 saturated carbocycles. The average Bonchev–Trinajstić information content (AvgIpc) is 2.08. The molecule has 0 radical (unpaired) electrons. The Morgan fingerprint density at radius 1 is 1.33 bits per heavy atom. The molecule has 0 amide bonds. The molecular formula is C14H19Br. The van der Waals surface area contributed by atoms with Gasteiger partial charge in [-0.05, 0) is 50.2 Å². The fraction of sp³-hybridized carbons (Fsp3) is 0.571. The summed E-state index contributed by atoms with van der Waals surface area (Å²) in [7, 11) is 0. The Kier molecular flexibility index (Phi) is 3.50. The van der Waals surface area contributed by atoms with Gasteiger partial charge in [-0.2, -0.15) is 0 Å². The van der Waals surface area contributed by atoms with Crippen molar-refractivity contribution < 1.29 is 0 Å². The predicted octanol–water partition coefficient (Wildman–Crippen LogP) is 4.41. The summed E-state index contributed by atoms with van der Waals surface area (Å²) in [5.74, 6) is 0.921. The van der Waals surface area contributed by atoms with E-state index in [4.69, 9.17) is 0 Å². The fourth-order valence-electron chi connectivity index (χ4n) is 2.20. The van der Waals surface area contributed by atoms with Gasteiger partial charge < -0.3 is 0 Å². The highest BCUT2D eigenvalue weighted by Crippen LogP contribution is 2.35. The van der Waals surface area contributed by atoms with Crippen LogP contribution in [0.4, 0.5) is 0 Å². The number of alkyl halides is 1. The lowest BCUT2D eigenvalue weighted by Crippen LogP contribution is -2.24. The molecule has 2 rings (SSSR count). The van der Waals surface area contributed by atoms with Gasteiger partial charge in [0.25, 0.3) is 0 Å². The van der Waals surface area contributed by atoms with E-state index in [1.807, 2.05) is 0 Å². The van der Waals surface area contributed by atoms with Crippen LogP contribution < -0.4 is 0 Å². The van der Waals surface area contributed by atoms with Gasteiger partial charge in [0, 0.05) is 4.83 Å². The van der Waals surface area contributed by atoms with E-state index in [0.717, 1.165) is 5.92 Å². The van der Waals surface area contributed by atoms with E-state index in [2.05, 4.69) is 48.0 Å². The van der Waals surface area contributed by atoms with Crippen molar-refractivity contribution in [1.29, 1.82) is 0 Å². The van der Waals surface area contributed by atoms with Crippen molar-refractivity contribution in [2.75, 3.05) is 0 Å². The van der Waals surface area contributed by atoms with Gasteiger partial charge in [0.2, 0.25) is 0 Å². The van der Waals surface area contributed by atoms with Crippen molar-refractivity contribution in [3.05, 3.63) is 34.9 Å². The van der Waals surface area contributed by atoms with Crippen LogP contribution in [0.5, 0.6) is 0 Å². The number of benzene rings is 1. The average molecular weight is 267 g/mol. The molecule has 0 nitrogen and oxygen atoms in total. The van der Waals surface area contributed by atoms with Gasteiger partial charge in [0.1, 0.15) is 0 Å². The van der Waals surface area contributed by atoms with Crippen molar-refractivity contribution in [3.63, 3.8) is 0 Å². The van der Waals surface area contributed by atoms with Crippen molar-refractivity contribution in [2.45, 2.75) is 44.4 Å². The molecule has 82 valence electrons. The van der Waals surface area contributed by atoms with Crippen LogP contribution in [-0.4, -0.2) is 4.83 Å². The largest absolute Gasteiger partial charge is 0.0884 e. The van der Waals surface area contributed by atoms with Crippen molar-refractivity contribution >= 4 is 15.9 Å². The minimum Gasteiger partial charge on any atom is -0.0884 e. The molecule has 0 spiro atoms. The van der Waals surface area contributed by atoms with Gasteiger partial charge >= 0.3 is 0 Å². The van der Waals surface area contributed by atoms with E-state index in [-0.39, 0.29) is 0 Å². The van der Waals surface area contributed by atoms with E-state index in [1.165, 1.54) is 42.4 Å². The maximum Gasteiger partial charge on any atom is 0.0214 e. The van der Waals surface area contributed by atoms with Crippen LogP contribution in [0.25, 0.3) is 0 Å². The Bertz CT molecular complexity index is 339. The molecule has 1 aliphatic rings. The number of aryl methyl sites for hydroxylation is 2. The van der Waals surface area contributed by atoms with Crippen molar-refractivity contribution in [2.24, 2.45) is 5.92 Å². The highest BCUT2D eigenvalue weighted by Gasteiger charge is 2.25. The monoisotopic (exact) mass is 266 g/mol. The molecule has 0 aliphatic heterocycles. The summed E-state index contributed by atoms with van der Waals surface area (Å²) in [6.45, 7) is 4.39. The van der Waals surface area contributed by atoms with Crippen LogP contribution in [-0.2, 0) is 6.42 Å². The molecule has 1 aromatic carbocycles. The van der Waals surface area contributed by atoms with E-state index >= 15 is 0 Å². The van der Waals surface area contributed by atoms with Crippen LogP contribution in [0.2, 0.25) is 0 Å². The number of hydrogen-bond donors (Lipinski definition) is 0. The van der Waals surface area contributed by atoms with Crippen molar-refractivity contribution in [1.82, 2.24) is 0 Å². The summed E-state index contributed by atoms with van der Waals surface area (Å²) in [5, 5.41) is 0. The Hall–Kier alpha value is -0.300.